The smallest absolute Gasteiger partial charge is 0.0923 e. The zero-order valence-electron chi connectivity index (χ0n) is 11.1. The lowest BCUT2D eigenvalue weighted by Crippen LogP contribution is -2.02. The molecular weight excluding hydrogens is 222 g/mol. The van der Waals surface area contributed by atoms with Crippen LogP contribution in [0.1, 0.15) is 37.4 Å². The summed E-state index contributed by atoms with van der Waals surface area (Å²) in [4.78, 5) is 0. The van der Waals surface area contributed by atoms with Crippen molar-refractivity contribution in [3.63, 3.8) is 0 Å². The number of benzene rings is 1. The average Bonchev–Trinajstić information content (AvgIpc) is 2.87. The normalized spacial score (nSPS) is 12.6. The fraction of sp³-hybridized carbons (Fsp3) is 0.400. The number of hydrogen-bond donors (Lipinski definition) is 2. The Morgan fingerprint density at radius 2 is 2.00 bits per heavy atom. The van der Waals surface area contributed by atoms with Crippen LogP contribution in [0.4, 0.5) is 0 Å². The van der Waals surface area contributed by atoms with E-state index in [1.54, 1.807) is 0 Å². The Morgan fingerprint density at radius 3 is 2.61 bits per heavy atom. The molecule has 3 N–H and O–H groups in total. The van der Waals surface area contributed by atoms with Gasteiger partial charge >= 0.3 is 0 Å². The van der Waals surface area contributed by atoms with Crippen LogP contribution >= 0.6 is 0 Å². The first-order valence-electron chi connectivity index (χ1n) is 6.59. The van der Waals surface area contributed by atoms with E-state index in [0.29, 0.717) is 12.5 Å². The highest BCUT2D eigenvalue weighted by atomic mass is 15.1. The summed E-state index contributed by atoms with van der Waals surface area (Å²) < 4.78 is 0. The summed E-state index contributed by atoms with van der Waals surface area (Å²) in [7, 11) is 0. The number of aromatic amines is 1. The number of nitrogens with two attached hydrogens (primary N) is 1. The molecule has 0 radical (unpaired) electrons. The largest absolute Gasteiger partial charge is 0.330 e. The van der Waals surface area contributed by atoms with Crippen LogP contribution in [-0.4, -0.2) is 16.7 Å². The van der Waals surface area contributed by atoms with Gasteiger partial charge in [0.2, 0.25) is 0 Å². The van der Waals surface area contributed by atoms with Crippen LogP contribution in [0.5, 0.6) is 0 Å². The minimum atomic E-state index is 0.617. The highest BCUT2D eigenvalue weighted by molar-refractivity contribution is 5.59. The maximum Gasteiger partial charge on any atom is 0.0923 e. The van der Waals surface area contributed by atoms with Crippen molar-refractivity contribution in [2.24, 2.45) is 5.73 Å². The van der Waals surface area contributed by atoms with Crippen LogP contribution < -0.4 is 5.73 Å². The summed E-state index contributed by atoms with van der Waals surface area (Å²) in [5.74, 6) is 0.617. The first-order valence-corrected chi connectivity index (χ1v) is 6.59. The van der Waals surface area contributed by atoms with Crippen molar-refractivity contribution in [3.8, 4) is 11.3 Å². The SMILES string of the molecule is CCC(C)c1ccc(-c2cc(CCN)[nH]n2)cc1. The van der Waals surface area contributed by atoms with Gasteiger partial charge in [-0.05, 0) is 30.5 Å². The quantitative estimate of drug-likeness (QED) is 0.847. The second-order valence-electron chi connectivity index (χ2n) is 4.75. The lowest BCUT2D eigenvalue weighted by molar-refractivity contribution is 0.734. The van der Waals surface area contributed by atoms with E-state index in [-0.39, 0.29) is 0 Å². The molecule has 0 saturated carbocycles. The first-order chi connectivity index (χ1) is 8.74. The van der Waals surface area contributed by atoms with E-state index in [1.807, 2.05) is 0 Å². The van der Waals surface area contributed by atoms with Gasteiger partial charge in [-0.1, -0.05) is 38.1 Å². The van der Waals surface area contributed by atoms with E-state index in [2.05, 4.69) is 54.4 Å². The van der Waals surface area contributed by atoms with Crippen molar-refractivity contribution in [1.29, 1.82) is 0 Å². The molecule has 1 aromatic heterocycles. The molecule has 0 spiro atoms. The molecule has 3 nitrogen and oxygen atoms in total. The van der Waals surface area contributed by atoms with E-state index < -0.39 is 0 Å². The molecule has 0 saturated heterocycles. The van der Waals surface area contributed by atoms with Crippen molar-refractivity contribution < 1.29 is 0 Å². The fourth-order valence-electron chi connectivity index (χ4n) is 2.01. The molecule has 0 aliphatic heterocycles. The van der Waals surface area contributed by atoms with Gasteiger partial charge in [-0.15, -0.1) is 0 Å². The first kappa shape index (κ1) is 12.8. The summed E-state index contributed by atoms with van der Waals surface area (Å²) in [5, 5.41) is 7.34. The topological polar surface area (TPSA) is 54.7 Å². The Kier molecular flexibility index (Phi) is 4.15. The molecule has 3 heteroatoms. The van der Waals surface area contributed by atoms with Gasteiger partial charge in [0.25, 0.3) is 0 Å². The zero-order valence-corrected chi connectivity index (χ0v) is 11.1. The fourth-order valence-corrected chi connectivity index (χ4v) is 2.01. The van der Waals surface area contributed by atoms with Gasteiger partial charge in [-0.25, -0.2) is 0 Å². The Labute approximate surface area is 108 Å². The lowest BCUT2D eigenvalue weighted by atomic mass is 9.97. The van der Waals surface area contributed by atoms with E-state index in [0.717, 1.165) is 23.4 Å². The van der Waals surface area contributed by atoms with Crippen LogP contribution in [0.3, 0.4) is 0 Å². The third kappa shape index (κ3) is 2.79. The molecule has 0 aliphatic rings. The van der Waals surface area contributed by atoms with Gasteiger partial charge in [-0.3, -0.25) is 5.10 Å². The minimum absolute atomic E-state index is 0.617. The van der Waals surface area contributed by atoms with Crippen LogP contribution in [0, 0.1) is 0 Å². The molecule has 1 atom stereocenters. The monoisotopic (exact) mass is 243 g/mol. The summed E-state index contributed by atoms with van der Waals surface area (Å²) in [6.45, 7) is 5.11. The molecule has 1 unspecified atom stereocenters. The average molecular weight is 243 g/mol. The molecule has 18 heavy (non-hydrogen) atoms. The van der Waals surface area contributed by atoms with Gasteiger partial charge in [-0.2, -0.15) is 5.10 Å². The molecule has 0 aliphatic carbocycles. The van der Waals surface area contributed by atoms with E-state index in [9.17, 15) is 0 Å². The Balaban J connectivity index is 2.17. The van der Waals surface area contributed by atoms with Crippen LogP contribution in [0.2, 0.25) is 0 Å². The summed E-state index contributed by atoms with van der Waals surface area (Å²) >= 11 is 0. The Morgan fingerprint density at radius 1 is 1.28 bits per heavy atom. The van der Waals surface area contributed by atoms with E-state index >= 15 is 0 Å². The maximum absolute atomic E-state index is 5.53. The zero-order chi connectivity index (χ0) is 13.0. The summed E-state index contributed by atoms with van der Waals surface area (Å²) in [5.41, 5.74) is 10.2. The maximum atomic E-state index is 5.53. The standard InChI is InChI=1S/C15H21N3/c1-3-11(2)12-4-6-13(7-5-12)15-10-14(8-9-16)17-18-15/h4-7,10-11H,3,8-9,16H2,1-2H3,(H,17,18). The number of nitrogens with zero attached hydrogens (tertiary/aromatic N) is 1. The molecule has 2 aromatic rings. The van der Waals surface area contributed by atoms with Gasteiger partial charge in [0.15, 0.2) is 0 Å². The molecule has 1 aromatic carbocycles. The molecule has 2 rings (SSSR count). The van der Waals surface area contributed by atoms with Gasteiger partial charge < -0.3 is 5.73 Å². The second-order valence-corrected chi connectivity index (χ2v) is 4.75. The molecule has 0 fully saturated rings. The second kappa shape index (κ2) is 5.83. The van der Waals surface area contributed by atoms with Crippen LogP contribution in [-0.2, 0) is 6.42 Å². The molecule has 0 amide bonds. The third-order valence-corrected chi connectivity index (χ3v) is 3.43. The number of rotatable bonds is 5. The van der Waals surface area contributed by atoms with Crippen LogP contribution in [0.25, 0.3) is 11.3 Å². The van der Waals surface area contributed by atoms with Crippen molar-refractivity contribution in [1.82, 2.24) is 10.2 Å². The van der Waals surface area contributed by atoms with Crippen molar-refractivity contribution in [2.75, 3.05) is 6.54 Å². The van der Waals surface area contributed by atoms with Crippen molar-refractivity contribution >= 4 is 0 Å². The van der Waals surface area contributed by atoms with Gasteiger partial charge in [0.1, 0.15) is 0 Å². The Hall–Kier alpha value is -1.61. The van der Waals surface area contributed by atoms with E-state index in [4.69, 9.17) is 5.73 Å². The molecular formula is C15H21N3. The van der Waals surface area contributed by atoms with Gasteiger partial charge in [0.05, 0.1) is 5.69 Å². The molecule has 1 heterocycles. The number of aromatic nitrogens is 2. The lowest BCUT2D eigenvalue weighted by Gasteiger charge is -2.08. The third-order valence-electron chi connectivity index (χ3n) is 3.43. The summed E-state index contributed by atoms with van der Waals surface area (Å²) in [6.07, 6.45) is 2.01. The van der Waals surface area contributed by atoms with Gasteiger partial charge in [0, 0.05) is 17.7 Å². The van der Waals surface area contributed by atoms with E-state index in [1.165, 1.54) is 12.0 Å². The number of hydrogen-bond acceptors (Lipinski definition) is 2. The number of H-pyrrole nitrogens is 1. The summed E-state index contributed by atoms with van der Waals surface area (Å²) in [6, 6.07) is 10.8. The predicted octanol–water partition coefficient (Wildman–Crippen LogP) is 3.09. The van der Waals surface area contributed by atoms with Crippen molar-refractivity contribution in [3.05, 3.63) is 41.6 Å². The predicted molar refractivity (Wildman–Crippen MR) is 75.5 cm³/mol. The van der Waals surface area contributed by atoms with Crippen molar-refractivity contribution in [2.45, 2.75) is 32.6 Å². The minimum Gasteiger partial charge on any atom is -0.330 e. The molecule has 0 bridgehead atoms. The molecule has 96 valence electrons. The van der Waals surface area contributed by atoms with Crippen LogP contribution in [0.15, 0.2) is 30.3 Å². The highest BCUT2D eigenvalue weighted by Crippen LogP contribution is 2.23. The Bertz CT molecular complexity index is 485. The number of nitrogens with one attached hydrogen (secondary N) is 1. The highest BCUT2D eigenvalue weighted by Gasteiger charge is 2.06.